The summed E-state index contributed by atoms with van der Waals surface area (Å²) in [7, 11) is 0. The van der Waals surface area contributed by atoms with E-state index in [0.717, 1.165) is 49.3 Å². The molecule has 2 aliphatic rings. The van der Waals surface area contributed by atoms with Crippen molar-refractivity contribution >= 4 is 5.95 Å². The highest BCUT2D eigenvalue weighted by atomic mass is 15.3. The molecule has 0 aromatic carbocycles. The van der Waals surface area contributed by atoms with Gasteiger partial charge < -0.3 is 10.6 Å². The molecule has 1 aliphatic carbocycles. The van der Waals surface area contributed by atoms with Gasteiger partial charge in [-0.25, -0.2) is 9.97 Å². The molecule has 1 saturated carbocycles. The Bertz CT molecular complexity index is 435. The van der Waals surface area contributed by atoms with Crippen molar-refractivity contribution < 1.29 is 0 Å². The van der Waals surface area contributed by atoms with Gasteiger partial charge in [0.05, 0.1) is 0 Å². The Hall–Kier alpha value is -1.20. The fraction of sp³-hybridized carbons (Fsp3) is 0.714. The van der Waals surface area contributed by atoms with Gasteiger partial charge in [0, 0.05) is 56.7 Å². The molecule has 1 aromatic rings. The van der Waals surface area contributed by atoms with Gasteiger partial charge in [-0.1, -0.05) is 0 Å². The van der Waals surface area contributed by atoms with Crippen LogP contribution >= 0.6 is 0 Å². The maximum absolute atomic E-state index is 5.65. The number of piperazine rings is 1. The molecule has 0 spiro atoms. The second kappa shape index (κ2) is 5.43. The first kappa shape index (κ1) is 12.8. The van der Waals surface area contributed by atoms with Gasteiger partial charge in [0.1, 0.15) is 0 Å². The van der Waals surface area contributed by atoms with Crippen LogP contribution in [-0.2, 0) is 6.54 Å². The number of hydrogen-bond acceptors (Lipinski definition) is 5. The molecule has 3 rings (SSSR count). The zero-order valence-corrected chi connectivity index (χ0v) is 11.7. The summed E-state index contributed by atoms with van der Waals surface area (Å²) >= 11 is 0. The fourth-order valence-electron chi connectivity index (χ4n) is 2.63. The molecular weight excluding hydrogens is 238 g/mol. The van der Waals surface area contributed by atoms with Crippen molar-refractivity contribution in [3.63, 3.8) is 0 Å². The molecule has 2 heterocycles. The molecule has 19 heavy (non-hydrogen) atoms. The van der Waals surface area contributed by atoms with Gasteiger partial charge in [-0.2, -0.15) is 0 Å². The highest BCUT2D eigenvalue weighted by Gasteiger charge is 2.26. The van der Waals surface area contributed by atoms with E-state index in [1.165, 1.54) is 19.4 Å². The van der Waals surface area contributed by atoms with Gasteiger partial charge in [0.2, 0.25) is 5.95 Å². The SMILES string of the molecule is Cc1nc(N2CCN(CC3CC3)CC2)ncc1CN. The molecule has 104 valence electrons. The second-order valence-electron chi connectivity index (χ2n) is 5.72. The van der Waals surface area contributed by atoms with Gasteiger partial charge in [-0.3, -0.25) is 4.90 Å². The molecule has 0 unspecified atom stereocenters. The van der Waals surface area contributed by atoms with Gasteiger partial charge in [0.15, 0.2) is 0 Å². The van der Waals surface area contributed by atoms with E-state index < -0.39 is 0 Å². The number of anilines is 1. The topological polar surface area (TPSA) is 58.3 Å². The first-order chi connectivity index (χ1) is 9.26. The van der Waals surface area contributed by atoms with Crippen LogP contribution in [0.5, 0.6) is 0 Å². The van der Waals surface area contributed by atoms with E-state index in [1.54, 1.807) is 0 Å². The van der Waals surface area contributed by atoms with Gasteiger partial charge in [-0.05, 0) is 25.7 Å². The highest BCUT2D eigenvalue weighted by molar-refractivity contribution is 5.33. The quantitative estimate of drug-likeness (QED) is 0.868. The van der Waals surface area contributed by atoms with Crippen LogP contribution < -0.4 is 10.6 Å². The molecule has 0 atom stereocenters. The Balaban J connectivity index is 1.59. The van der Waals surface area contributed by atoms with Crippen LogP contribution in [0.1, 0.15) is 24.1 Å². The summed E-state index contributed by atoms with van der Waals surface area (Å²) in [5.74, 6) is 1.84. The van der Waals surface area contributed by atoms with Crippen LogP contribution in [-0.4, -0.2) is 47.6 Å². The Labute approximate surface area is 114 Å². The summed E-state index contributed by atoms with van der Waals surface area (Å²) in [6, 6.07) is 0. The Morgan fingerprint density at radius 2 is 2.00 bits per heavy atom. The number of nitrogens with two attached hydrogens (primary N) is 1. The third-order valence-corrected chi connectivity index (χ3v) is 4.16. The first-order valence-corrected chi connectivity index (χ1v) is 7.26. The zero-order valence-electron chi connectivity index (χ0n) is 11.7. The normalized spacial score (nSPS) is 20.8. The van der Waals surface area contributed by atoms with E-state index in [2.05, 4.69) is 19.8 Å². The minimum atomic E-state index is 0.515. The van der Waals surface area contributed by atoms with E-state index in [1.807, 2.05) is 13.1 Å². The Morgan fingerprint density at radius 3 is 2.58 bits per heavy atom. The molecule has 5 nitrogen and oxygen atoms in total. The smallest absolute Gasteiger partial charge is 0.225 e. The number of nitrogens with zero attached hydrogens (tertiary/aromatic N) is 4. The van der Waals surface area contributed by atoms with Gasteiger partial charge >= 0.3 is 0 Å². The molecule has 5 heteroatoms. The second-order valence-corrected chi connectivity index (χ2v) is 5.72. The van der Waals surface area contributed by atoms with Crippen molar-refractivity contribution in [2.24, 2.45) is 11.7 Å². The third kappa shape index (κ3) is 3.04. The molecule has 1 aliphatic heterocycles. The van der Waals surface area contributed by atoms with E-state index in [4.69, 9.17) is 5.73 Å². The van der Waals surface area contributed by atoms with Crippen molar-refractivity contribution in [1.29, 1.82) is 0 Å². The van der Waals surface area contributed by atoms with Gasteiger partial charge in [0.25, 0.3) is 0 Å². The summed E-state index contributed by atoms with van der Waals surface area (Å²) in [5, 5.41) is 0. The molecule has 1 aromatic heterocycles. The van der Waals surface area contributed by atoms with E-state index in [-0.39, 0.29) is 0 Å². The third-order valence-electron chi connectivity index (χ3n) is 4.16. The van der Waals surface area contributed by atoms with Crippen LogP contribution in [0, 0.1) is 12.8 Å². The largest absolute Gasteiger partial charge is 0.338 e. The first-order valence-electron chi connectivity index (χ1n) is 7.26. The molecular formula is C14H23N5. The maximum atomic E-state index is 5.65. The number of aryl methyl sites for hydroxylation is 1. The molecule has 1 saturated heterocycles. The minimum Gasteiger partial charge on any atom is -0.338 e. The lowest BCUT2D eigenvalue weighted by molar-refractivity contribution is 0.247. The van der Waals surface area contributed by atoms with Gasteiger partial charge in [-0.15, -0.1) is 0 Å². The average Bonchev–Trinajstić information content (AvgIpc) is 3.23. The van der Waals surface area contributed by atoms with Crippen molar-refractivity contribution in [2.75, 3.05) is 37.6 Å². The lowest BCUT2D eigenvalue weighted by Gasteiger charge is -2.34. The predicted molar refractivity (Wildman–Crippen MR) is 76.0 cm³/mol. The van der Waals surface area contributed by atoms with E-state index in [9.17, 15) is 0 Å². The van der Waals surface area contributed by atoms with Crippen molar-refractivity contribution in [2.45, 2.75) is 26.3 Å². The summed E-state index contributed by atoms with van der Waals surface area (Å²) in [4.78, 5) is 13.9. The molecule has 0 bridgehead atoms. The van der Waals surface area contributed by atoms with Crippen LogP contribution in [0.15, 0.2) is 6.20 Å². The molecule has 2 fully saturated rings. The van der Waals surface area contributed by atoms with Crippen molar-refractivity contribution in [3.05, 3.63) is 17.5 Å². The predicted octanol–water partition coefficient (Wildman–Crippen LogP) is 0.776. The maximum Gasteiger partial charge on any atom is 0.225 e. The summed E-state index contributed by atoms with van der Waals surface area (Å²) in [5.41, 5.74) is 7.69. The fourth-order valence-corrected chi connectivity index (χ4v) is 2.63. The minimum absolute atomic E-state index is 0.515. The summed E-state index contributed by atoms with van der Waals surface area (Å²) < 4.78 is 0. The zero-order chi connectivity index (χ0) is 13.2. The van der Waals surface area contributed by atoms with Crippen LogP contribution in [0.2, 0.25) is 0 Å². The van der Waals surface area contributed by atoms with Crippen LogP contribution in [0.4, 0.5) is 5.95 Å². The summed E-state index contributed by atoms with van der Waals surface area (Å²) in [6.07, 6.45) is 4.74. The Kier molecular flexibility index (Phi) is 3.66. The van der Waals surface area contributed by atoms with E-state index >= 15 is 0 Å². The monoisotopic (exact) mass is 261 g/mol. The molecule has 0 amide bonds. The summed E-state index contributed by atoms with van der Waals surface area (Å²) in [6.45, 7) is 8.16. The lowest BCUT2D eigenvalue weighted by atomic mass is 10.2. The number of hydrogen-bond donors (Lipinski definition) is 1. The molecule has 2 N–H and O–H groups in total. The molecule has 0 radical (unpaired) electrons. The lowest BCUT2D eigenvalue weighted by Crippen LogP contribution is -2.47. The van der Waals surface area contributed by atoms with Crippen LogP contribution in [0.3, 0.4) is 0 Å². The Morgan fingerprint density at radius 1 is 1.26 bits per heavy atom. The number of rotatable bonds is 4. The van der Waals surface area contributed by atoms with Crippen molar-refractivity contribution in [3.8, 4) is 0 Å². The highest BCUT2D eigenvalue weighted by Crippen LogP contribution is 2.30. The average molecular weight is 261 g/mol. The van der Waals surface area contributed by atoms with Crippen molar-refractivity contribution in [1.82, 2.24) is 14.9 Å². The van der Waals surface area contributed by atoms with Crippen LogP contribution in [0.25, 0.3) is 0 Å². The standard InChI is InChI=1S/C14H23N5/c1-11-13(8-15)9-16-14(17-11)19-6-4-18(5-7-19)10-12-2-3-12/h9,12H,2-8,10,15H2,1H3. The number of aromatic nitrogens is 2. The van der Waals surface area contributed by atoms with E-state index in [0.29, 0.717) is 6.54 Å².